The summed E-state index contributed by atoms with van der Waals surface area (Å²) in [6.07, 6.45) is -4.81. The molecule has 2 aliphatic rings. The zero-order valence-electron chi connectivity index (χ0n) is 22.2. The molecule has 11 heteroatoms. The molecule has 0 bridgehead atoms. The minimum atomic E-state index is -1.41. The molecule has 5 atom stereocenters. The van der Waals surface area contributed by atoms with Crippen molar-refractivity contribution in [2.75, 3.05) is 7.11 Å². The van der Waals surface area contributed by atoms with Crippen LogP contribution in [0, 0.1) is 0 Å². The molecule has 0 saturated carbocycles. The van der Waals surface area contributed by atoms with Crippen LogP contribution in [0.2, 0.25) is 0 Å². The second-order valence-electron chi connectivity index (χ2n) is 10.4. The Balaban J connectivity index is 1.51. The van der Waals surface area contributed by atoms with E-state index in [9.17, 15) is 40.9 Å². The zero-order chi connectivity index (χ0) is 29.9. The fraction of sp³-hybridized carbons (Fsp3) is 0.226. The van der Waals surface area contributed by atoms with Gasteiger partial charge in [-0.2, -0.15) is 0 Å². The number of aliphatic hydroxyl groups is 2. The molecule has 0 radical (unpaired) electrons. The number of hydrogen-bond acceptors (Lipinski definition) is 11. The van der Waals surface area contributed by atoms with Crippen LogP contribution in [0.25, 0.3) is 0 Å². The first-order chi connectivity index (χ1) is 20.1. The van der Waals surface area contributed by atoms with Crippen molar-refractivity contribution in [3.05, 3.63) is 88.5 Å². The number of fused-ring (bicyclic) bond motifs is 2. The minimum Gasteiger partial charge on any atom is -0.508 e. The average Bonchev–Trinajstić information content (AvgIpc) is 2.95. The summed E-state index contributed by atoms with van der Waals surface area (Å²) in [6.45, 7) is 0. The molecule has 0 unspecified atom stereocenters. The van der Waals surface area contributed by atoms with E-state index in [1.165, 1.54) is 55.6 Å². The summed E-state index contributed by atoms with van der Waals surface area (Å²) >= 11 is 0. The Morgan fingerprint density at radius 1 is 0.690 bits per heavy atom. The third-order valence-electron chi connectivity index (χ3n) is 7.79. The first-order valence-corrected chi connectivity index (χ1v) is 13.1. The Morgan fingerprint density at radius 3 is 2.12 bits per heavy atom. The van der Waals surface area contributed by atoms with E-state index < -0.39 is 41.8 Å². The van der Waals surface area contributed by atoms with E-state index >= 15 is 0 Å². The van der Waals surface area contributed by atoms with Gasteiger partial charge in [0, 0.05) is 41.2 Å². The first kappa shape index (κ1) is 27.2. The number of aliphatic hydroxyl groups excluding tert-OH is 2. The summed E-state index contributed by atoms with van der Waals surface area (Å²) < 4.78 is 17.4. The standard InChI is InChI=1S/C31H28O11/c1-40-24-7-3-13(9-21(24)36)29-23(38)11-17-19(34)12-22(37)27(31(17)42-29)26-16-5-4-15(32)10-25(16)41-30(28(26)39)14-2-6-18(33)20(35)8-14/h2-10,12,23,26,28-30,32-39H,11H2,1H3/t23-,26+,28-,29+,30+/m0/s1. The summed E-state index contributed by atoms with van der Waals surface area (Å²) in [4.78, 5) is 0. The molecule has 0 aliphatic carbocycles. The van der Waals surface area contributed by atoms with E-state index in [4.69, 9.17) is 14.2 Å². The molecule has 42 heavy (non-hydrogen) atoms. The molecular formula is C31H28O11. The molecule has 0 saturated heterocycles. The molecule has 6 rings (SSSR count). The van der Waals surface area contributed by atoms with Gasteiger partial charge in [-0.3, -0.25) is 0 Å². The van der Waals surface area contributed by atoms with Gasteiger partial charge in [0.25, 0.3) is 0 Å². The van der Waals surface area contributed by atoms with Crippen LogP contribution in [0.1, 0.15) is 45.9 Å². The van der Waals surface area contributed by atoms with E-state index in [-0.39, 0.29) is 57.8 Å². The Bertz CT molecular complexity index is 1680. The molecule has 0 spiro atoms. The van der Waals surface area contributed by atoms with Gasteiger partial charge in [-0.1, -0.05) is 18.2 Å². The van der Waals surface area contributed by atoms with Gasteiger partial charge in [0.2, 0.25) is 0 Å². The molecule has 0 fully saturated rings. The number of methoxy groups -OCH3 is 1. The van der Waals surface area contributed by atoms with Gasteiger partial charge in [-0.05, 0) is 41.5 Å². The molecule has 0 aromatic heterocycles. The Kier molecular flexibility index (Phi) is 6.55. The largest absolute Gasteiger partial charge is 0.508 e. The number of rotatable bonds is 4. The van der Waals surface area contributed by atoms with Gasteiger partial charge in [-0.25, -0.2) is 0 Å². The highest BCUT2D eigenvalue weighted by Gasteiger charge is 2.45. The maximum Gasteiger partial charge on any atom is 0.160 e. The summed E-state index contributed by atoms with van der Waals surface area (Å²) in [5.41, 5.74) is 1.37. The number of aromatic hydroxyl groups is 6. The maximum absolute atomic E-state index is 11.8. The molecule has 2 aliphatic heterocycles. The third kappa shape index (κ3) is 4.39. The average molecular weight is 577 g/mol. The molecule has 4 aromatic rings. The normalized spacial score (nSPS) is 22.8. The quantitative estimate of drug-likeness (QED) is 0.166. The van der Waals surface area contributed by atoms with E-state index in [0.717, 1.165) is 6.07 Å². The summed E-state index contributed by atoms with van der Waals surface area (Å²) in [5, 5.41) is 85.3. The maximum atomic E-state index is 11.8. The highest BCUT2D eigenvalue weighted by molar-refractivity contribution is 5.63. The van der Waals surface area contributed by atoms with Gasteiger partial charge in [0.1, 0.15) is 41.0 Å². The van der Waals surface area contributed by atoms with Crippen LogP contribution in [-0.4, -0.2) is 60.2 Å². The highest BCUT2D eigenvalue weighted by atomic mass is 16.5. The van der Waals surface area contributed by atoms with Crippen molar-refractivity contribution in [2.45, 2.75) is 36.8 Å². The number of hydrogen-bond donors (Lipinski definition) is 8. The van der Waals surface area contributed by atoms with Crippen molar-refractivity contribution >= 4 is 0 Å². The van der Waals surface area contributed by atoms with Crippen LogP contribution in [0.15, 0.2) is 60.7 Å². The van der Waals surface area contributed by atoms with Crippen LogP contribution in [0.3, 0.4) is 0 Å². The number of benzene rings is 4. The monoisotopic (exact) mass is 576 g/mol. The predicted molar refractivity (Wildman–Crippen MR) is 147 cm³/mol. The van der Waals surface area contributed by atoms with Crippen molar-refractivity contribution in [3.63, 3.8) is 0 Å². The highest BCUT2D eigenvalue weighted by Crippen LogP contribution is 2.55. The van der Waals surface area contributed by atoms with Crippen molar-refractivity contribution in [1.82, 2.24) is 0 Å². The van der Waals surface area contributed by atoms with Crippen LogP contribution >= 0.6 is 0 Å². The SMILES string of the molecule is COc1ccc([C@H]2Oc3c(c(O)cc(O)c3[C@H]3c4ccc(O)cc4O[C@H](c4ccc(O)c(O)c4)[C@H]3O)C[C@@H]2O)cc1O. The zero-order valence-corrected chi connectivity index (χ0v) is 22.2. The smallest absolute Gasteiger partial charge is 0.160 e. The molecule has 8 N–H and O–H groups in total. The lowest BCUT2D eigenvalue weighted by Crippen LogP contribution is -2.36. The topological polar surface area (TPSA) is 190 Å². The van der Waals surface area contributed by atoms with Crippen LogP contribution in [0.5, 0.6) is 51.7 Å². The van der Waals surface area contributed by atoms with E-state index in [2.05, 4.69) is 0 Å². The van der Waals surface area contributed by atoms with Crippen molar-refractivity contribution < 1.29 is 55.1 Å². The van der Waals surface area contributed by atoms with Crippen molar-refractivity contribution in [2.24, 2.45) is 0 Å². The Hall–Kier alpha value is -5.00. The first-order valence-electron chi connectivity index (χ1n) is 13.1. The van der Waals surface area contributed by atoms with Crippen LogP contribution in [0.4, 0.5) is 0 Å². The molecule has 2 heterocycles. The van der Waals surface area contributed by atoms with Gasteiger partial charge >= 0.3 is 0 Å². The second kappa shape index (κ2) is 10.1. The van der Waals surface area contributed by atoms with Crippen molar-refractivity contribution in [1.29, 1.82) is 0 Å². The number of phenols is 6. The van der Waals surface area contributed by atoms with Gasteiger partial charge in [0.05, 0.1) is 13.2 Å². The van der Waals surface area contributed by atoms with Gasteiger partial charge in [0.15, 0.2) is 29.1 Å². The van der Waals surface area contributed by atoms with Crippen molar-refractivity contribution in [3.8, 4) is 51.7 Å². The Labute approximate surface area is 239 Å². The molecule has 11 nitrogen and oxygen atoms in total. The van der Waals surface area contributed by atoms with E-state index in [1.54, 1.807) is 6.07 Å². The fourth-order valence-corrected chi connectivity index (χ4v) is 5.77. The van der Waals surface area contributed by atoms with Crippen LogP contribution in [-0.2, 0) is 6.42 Å². The Morgan fingerprint density at radius 2 is 1.40 bits per heavy atom. The third-order valence-corrected chi connectivity index (χ3v) is 7.79. The lowest BCUT2D eigenvalue weighted by Gasteiger charge is -2.40. The number of ether oxygens (including phenoxy) is 3. The molecular weight excluding hydrogens is 548 g/mol. The van der Waals surface area contributed by atoms with Crippen LogP contribution < -0.4 is 14.2 Å². The molecule has 0 amide bonds. The van der Waals surface area contributed by atoms with E-state index in [0.29, 0.717) is 16.7 Å². The second-order valence-corrected chi connectivity index (χ2v) is 10.4. The van der Waals surface area contributed by atoms with E-state index in [1.807, 2.05) is 0 Å². The lowest BCUT2D eigenvalue weighted by atomic mass is 9.78. The summed E-state index contributed by atoms with van der Waals surface area (Å²) in [7, 11) is 1.40. The number of phenolic OH excluding ortho intramolecular Hbond substituents is 6. The summed E-state index contributed by atoms with van der Waals surface area (Å²) in [5.74, 6) is -2.46. The molecule has 4 aromatic carbocycles. The summed E-state index contributed by atoms with van der Waals surface area (Å²) in [6, 6.07) is 13.8. The fourth-order valence-electron chi connectivity index (χ4n) is 5.77. The van der Waals surface area contributed by atoms with Gasteiger partial charge < -0.3 is 55.1 Å². The molecule has 218 valence electrons. The minimum absolute atomic E-state index is 0.0235. The lowest BCUT2D eigenvalue weighted by molar-refractivity contribution is 0.00186. The van der Waals surface area contributed by atoms with Gasteiger partial charge in [-0.15, -0.1) is 0 Å². The predicted octanol–water partition coefficient (Wildman–Crippen LogP) is 3.59.